The van der Waals surface area contributed by atoms with E-state index in [2.05, 4.69) is 44.8 Å². The van der Waals surface area contributed by atoms with E-state index in [0.717, 1.165) is 6.42 Å². The summed E-state index contributed by atoms with van der Waals surface area (Å²) in [5.41, 5.74) is 0.913. The number of hydrogen-bond donors (Lipinski definition) is 0. The number of rotatable bonds is 2. The van der Waals surface area contributed by atoms with E-state index in [4.69, 9.17) is 9.31 Å². The SMILES string of the molecule is CC1(C)OB([C@H]2C[C@@H]2c2ccncc2)OC1(C)C. The zero-order chi connectivity index (χ0) is 13.0. The summed E-state index contributed by atoms with van der Waals surface area (Å²) in [6, 6.07) is 4.19. The summed E-state index contributed by atoms with van der Waals surface area (Å²) in [5.74, 6) is 1.07. The maximum atomic E-state index is 6.10. The normalized spacial score (nSPS) is 32.6. The van der Waals surface area contributed by atoms with E-state index in [0.29, 0.717) is 11.7 Å². The predicted molar refractivity (Wildman–Crippen MR) is 71.4 cm³/mol. The van der Waals surface area contributed by atoms with Crippen LogP contribution in [0, 0.1) is 0 Å². The predicted octanol–water partition coefficient (Wildman–Crippen LogP) is 3.03. The Kier molecular flexibility index (Phi) is 2.58. The van der Waals surface area contributed by atoms with Crippen molar-refractivity contribution in [3.8, 4) is 0 Å². The van der Waals surface area contributed by atoms with Crippen molar-refractivity contribution in [2.24, 2.45) is 0 Å². The highest BCUT2D eigenvalue weighted by molar-refractivity contribution is 6.49. The minimum atomic E-state index is -0.219. The van der Waals surface area contributed by atoms with Crippen molar-refractivity contribution in [1.29, 1.82) is 0 Å². The molecule has 0 spiro atoms. The second-order valence-corrected chi connectivity index (χ2v) is 6.41. The lowest BCUT2D eigenvalue weighted by Gasteiger charge is -2.32. The lowest BCUT2D eigenvalue weighted by Crippen LogP contribution is -2.41. The van der Waals surface area contributed by atoms with Gasteiger partial charge in [0.2, 0.25) is 0 Å². The fraction of sp³-hybridized carbons (Fsp3) is 0.643. The Labute approximate surface area is 109 Å². The molecule has 0 bridgehead atoms. The smallest absolute Gasteiger partial charge is 0.403 e. The van der Waals surface area contributed by atoms with Crippen molar-refractivity contribution in [3.63, 3.8) is 0 Å². The first kappa shape index (κ1) is 12.2. The molecule has 4 heteroatoms. The molecule has 2 heterocycles. The minimum absolute atomic E-state index is 0.0619. The van der Waals surface area contributed by atoms with Gasteiger partial charge in [-0.25, -0.2) is 0 Å². The van der Waals surface area contributed by atoms with Crippen molar-refractivity contribution in [2.75, 3.05) is 0 Å². The maximum Gasteiger partial charge on any atom is 0.461 e. The van der Waals surface area contributed by atoms with Gasteiger partial charge in [-0.1, -0.05) is 0 Å². The Hall–Kier alpha value is -0.865. The third-order valence-corrected chi connectivity index (χ3v) is 4.60. The second-order valence-electron chi connectivity index (χ2n) is 6.41. The molecule has 2 aliphatic rings. The van der Waals surface area contributed by atoms with Gasteiger partial charge in [0.15, 0.2) is 0 Å². The lowest BCUT2D eigenvalue weighted by atomic mass is 9.80. The summed E-state index contributed by atoms with van der Waals surface area (Å²) < 4.78 is 12.2. The van der Waals surface area contributed by atoms with Crippen LogP contribution in [-0.2, 0) is 9.31 Å². The molecule has 18 heavy (non-hydrogen) atoms. The standard InChI is InChI=1S/C14H20BNO2/c1-13(2)14(3,4)18-15(17-13)12-9-11(12)10-5-7-16-8-6-10/h5-8,11-12H,9H2,1-4H3/t11-,12+/m1/s1. The monoisotopic (exact) mass is 245 g/mol. The van der Waals surface area contributed by atoms with E-state index < -0.39 is 0 Å². The topological polar surface area (TPSA) is 31.4 Å². The van der Waals surface area contributed by atoms with Gasteiger partial charge in [0, 0.05) is 18.2 Å². The first-order valence-corrected chi connectivity index (χ1v) is 6.66. The van der Waals surface area contributed by atoms with Crippen molar-refractivity contribution < 1.29 is 9.31 Å². The molecule has 1 aliphatic heterocycles. The van der Waals surface area contributed by atoms with Crippen LogP contribution in [0.25, 0.3) is 0 Å². The van der Waals surface area contributed by atoms with E-state index in [1.165, 1.54) is 5.56 Å². The van der Waals surface area contributed by atoms with Crippen molar-refractivity contribution in [3.05, 3.63) is 30.1 Å². The highest BCUT2D eigenvalue weighted by atomic mass is 16.7. The molecule has 1 aliphatic carbocycles. The third-order valence-electron chi connectivity index (χ3n) is 4.60. The fourth-order valence-corrected chi connectivity index (χ4v) is 2.57. The summed E-state index contributed by atoms with van der Waals surface area (Å²) in [5, 5.41) is 0. The molecule has 0 unspecified atom stereocenters. The van der Waals surface area contributed by atoms with E-state index in [-0.39, 0.29) is 18.3 Å². The first-order chi connectivity index (χ1) is 8.41. The molecule has 0 N–H and O–H groups in total. The molecule has 2 atom stereocenters. The molecule has 1 aromatic heterocycles. The molecule has 1 saturated carbocycles. The molecule has 0 aromatic carbocycles. The molecule has 0 amide bonds. The average Bonchev–Trinajstić information content (AvgIpc) is 3.04. The summed E-state index contributed by atoms with van der Waals surface area (Å²) in [7, 11) is -0.0619. The first-order valence-electron chi connectivity index (χ1n) is 6.66. The molecule has 3 rings (SSSR count). The molecule has 0 radical (unpaired) electrons. The zero-order valence-electron chi connectivity index (χ0n) is 11.5. The Bertz CT molecular complexity index is 430. The van der Waals surface area contributed by atoms with Crippen molar-refractivity contribution >= 4 is 7.12 Å². The van der Waals surface area contributed by atoms with Crippen LogP contribution in [-0.4, -0.2) is 23.3 Å². The minimum Gasteiger partial charge on any atom is -0.403 e. The Morgan fingerprint density at radius 2 is 1.67 bits per heavy atom. The molecule has 1 saturated heterocycles. The number of nitrogens with zero attached hydrogens (tertiary/aromatic N) is 1. The van der Waals surface area contributed by atoms with Crippen molar-refractivity contribution in [1.82, 2.24) is 4.98 Å². The van der Waals surface area contributed by atoms with E-state index in [1.807, 2.05) is 12.4 Å². The molecular formula is C14H20BNO2. The fourth-order valence-electron chi connectivity index (χ4n) is 2.57. The summed E-state index contributed by atoms with van der Waals surface area (Å²) in [6.45, 7) is 8.43. The Balaban J connectivity index is 1.70. The van der Waals surface area contributed by atoms with Crippen LogP contribution >= 0.6 is 0 Å². The summed E-state index contributed by atoms with van der Waals surface area (Å²) in [4.78, 5) is 4.06. The molecular weight excluding hydrogens is 225 g/mol. The van der Waals surface area contributed by atoms with E-state index in [1.54, 1.807) is 0 Å². The van der Waals surface area contributed by atoms with E-state index >= 15 is 0 Å². The summed E-state index contributed by atoms with van der Waals surface area (Å²) in [6.07, 6.45) is 4.87. The van der Waals surface area contributed by atoms with Crippen LogP contribution in [0.15, 0.2) is 24.5 Å². The number of hydrogen-bond acceptors (Lipinski definition) is 3. The van der Waals surface area contributed by atoms with Gasteiger partial charge in [-0.3, -0.25) is 4.98 Å². The number of aromatic nitrogens is 1. The molecule has 1 aromatic rings. The highest BCUT2D eigenvalue weighted by Crippen LogP contribution is 2.58. The lowest BCUT2D eigenvalue weighted by molar-refractivity contribution is 0.00578. The van der Waals surface area contributed by atoms with Gasteiger partial charge in [0.25, 0.3) is 0 Å². The molecule has 3 nitrogen and oxygen atoms in total. The van der Waals surface area contributed by atoms with Gasteiger partial charge in [-0.2, -0.15) is 0 Å². The maximum absolute atomic E-state index is 6.10. The van der Waals surface area contributed by atoms with Crippen LogP contribution in [0.3, 0.4) is 0 Å². The molecule has 96 valence electrons. The van der Waals surface area contributed by atoms with Crippen molar-refractivity contribution in [2.45, 2.75) is 57.1 Å². The van der Waals surface area contributed by atoms with Gasteiger partial charge >= 0.3 is 7.12 Å². The second kappa shape index (κ2) is 3.81. The highest BCUT2D eigenvalue weighted by Gasteiger charge is 2.59. The van der Waals surface area contributed by atoms with Gasteiger partial charge < -0.3 is 9.31 Å². The Morgan fingerprint density at radius 3 is 2.22 bits per heavy atom. The third kappa shape index (κ3) is 1.88. The molecule has 2 fully saturated rings. The van der Waals surface area contributed by atoms with Crippen LogP contribution in [0.1, 0.15) is 45.6 Å². The van der Waals surface area contributed by atoms with Crippen LogP contribution in [0.2, 0.25) is 5.82 Å². The average molecular weight is 245 g/mol. The number of pyridine rings is 1. The van der Waals surface area contributed by atoms with Crippen LogP contribution in [0.4, 0.5) is 0 Å². The van der Waals surface area contributed by atoms with E-state index in [9.17, 15) is 0 Å². The van der Waals surface area contributed by atoms with Gasteiger partial charge in [0.1, 0.15) is 0 Å². The van der Waals surface area contributed by atoms with Crippen LogP contribution in [0.5, 0.6) is 0 Å². The van der Waals surface area contributed by atoms with Gasteiger partial charge in [0.05, 0.1) is 11.2 Å². The van der Waals surface area contributed by atoms with Crippen LogP contribution < -0.4 is 0 Å². The largest absolute Gasteiger partial charge is 0.461 e. The summed E-state index contributed by atoms with van der Waals surface area (Å²) >= 11 is 0. The quantitative estimate of drug-likeness (QED) is 0.750. The van der Waals surface area contributed by atoms with Gasteiger partial charge in [-0.05, 0) is 57.7 Å². The zero-order valence-corrected chi connectivity index (χ0v) is 11.5. The Morgan fingerprint density at radius 1 is 1.11 bits per heavy atom. The van der Waals surface area contributed by atoms with Gasteiger partial charge in [-0.15, -0.1) is 0 Å².